The lowest BCUT2D eigenvalue weighted by molar-refractivity contribution is -0.123. The highest BCUT2D eigenvalue weighted by atomic mass is 32.2. The first-order valence-electron chi connectivity index (χ1n) is 6.48. The molecule has 0 aromatic heterocycles. The summed E-state index contributed by atoms with van der Waals surface area (Å²) in [5.74, 6) is -0.164. The maximum absolute atomic E-state index is 12.8. The van der Waals surface area contributed by atoms with Crippen LogP contribution in [0.3, 0.4) is 0 Å². The predicted molar refractivity (Wildman–Crippen MR) is 74.6 cm³/mol. The minimum atomic E-state index is -3.66. The van der Waals surface area contributed by atoms with Crippen molar-refractivity contribution in [3.05, 3.63) is 43.0 Å². The van der Waals surface area contributed by atoms with E-state index in [-0.39, 0.29) is 17.1 Å². The predicted octanol–water partition coefficient (Wildman–Crippen LogP) is 2.92. The summed E-state index contributed by atoms with van der Waals surface area (Å²) in [7, 11) is -3.66. The van der Waals surface area contributed by atoms with Gasteiger partial charge in [0.15, 0.2) is 15.6 Å². The lowest BCUT2D eigenvalue weighted by Gasteiger charge is -2.34. The van der Waals surface area contributed by atoms with Gasteiger partial charge in [-0.1, -0.05) is 30.7 Å². The summed E-state index contributed by atoms with van der Waals surface area (Å²) in [6.07, 6.45) is 4.04. The number of hydrogen-bond acceptors (Lipinski definition) is 3. The molecule has 1 fully saturated rings. The van der Waals surface area contributed by atoms with Crippen molar-refractivity contribution in [1.82, 2.24) is 0 Å². The summed E-state index contributed by atoms with van der Waals surface area (Å²) in [5, 5.41) is 0. The van der Waals surface area contributed by atoms with Crippen molar-refractivity contribution in [3.8, 4) is 0 Å². The van der Waals surface area contributed by atoms with E-state index in [1.807, 2.05) is 0 Å². The summed E-state index contributed by atoms with van der Waals surface area (Å²) in [6.45, 7) is 3.62. The Bertz CT molecular complexity index is 575. The molecule has 4 heteroatoms. The van der Waals surface area contributed by atoms with Crippen LogP contribution < -0.4 is 0 Å². The first-order chi connectivity index (χ1) is 9.04. The average Bonchev–Trinajstić information content (AvgIpc) is 2.42. The molecule has 1 aliphatic carbocycles. The normalized spacial score (nSPS) is 24.1. The number of hydrogen-bond donors (Lipinski definition) is 0. The lowest BCUT2D eigenvalue weighted by atomic mass is 9.85. The zero-order chi connectivity index (χ0) is 13.9. The molecule has 1 aromatic carbocycles. The number of carbonyl (C=O) groups excluding carboxylic acids is 1. The number of benzene rings is 1. The van der Waals surface area contributed by atoms with Crippen LogP contribution in [0, 0.1) is 0 Å². The van der Waals surface area contributed by atoms with E-state index in [9.17, 15) is 13.2 Å². The van der Waals surface area contributed by atoms with E-state index in [1.165, 1.54) is 0 Å². The number of ketones is 1. The van der Waals surface area contributed by atoms with Gasteiger partial charge < -0.3 is 0 Å². The monoisotopic (exact) mass is 278 g/mol. The molecule has 2 rings (SSSR count). The fourth-order valence-corrected chi connectivity index (χ4v) is 4.85. The van der Waals surface area contributed by atoms with E-state index >= 15 is 0 Å². The van der Waals surface area contributed by atoms with Crippen LogP contribution in [-0.4, -0.2) is 18.9 Å². The second-order valence-corrected chi connectivity index (χ2v) is 7.19. The molecule has 0 amide bonds. The molecule has 0 N–H and O–H groups in total. The summed E-state index contributed by atoms with van der Waals surface area (Å²) < 4.78 is 24.4. The Labute approximate surface area is 114 Å². The van der Waals surface area contributed by atoms with E-state index in [2.05, 4.69) is 6.58 Å². The van der Waals surface area contributed by atoms with Crippen LogP contribution in [-0.2, 0) is 14.6 Å². The Morgan fingerprint density at radius 3 is 2.47 bits per heavy atom. The Morgan fingerprint density at radius 2 is 1.89 bits per heavy atom. The zero-order valence-electron chi connectivity index (χ0n) is 10.8. The fourth-order valence-electron chi connectivity index (χ4n) is 2.73. The smallest absolute Gasteiger partial charge is 0.191 e. The van der Waals surface area contributed by atoms with E-state index in [4.69, 9.17) is 0 Å². The topological polar surface area (TPSA) is 51.2 Å². The van der Waals surface area contributed by atoms with Gasteiger partial charge in [-0.25, -0.2) is 8.42 Å². The maximum atomic E-state index is 12.8. The molecule has 102 valence electrons. The molecular formula is C15H18O3S. The van der Waals surface area contributed by atoms with Crippen molar-refractivity contribution in [3.63, 3.8) is 0 Å². The van der Waals surface area contributed by atoms with Crippen molar-refractivity contribution in [1.29, 1.82) is 0 Å². The SMILES string of the molecule is C=CCC1(S(=O)(=O)c2ccccc2)CCCCC1=O. The number of rotatable bonds is 4. The molecule has 0 spiro atoms. The molecule has 0 radical (unpaired) electrons. The molecule has 1 atom stereocenters. The summed E-state index contributed by atoms with van der Waals surface area (Å²) in [5.41, 5.74) is 0. The van der Waals surface area contributed by atoms with Crippen LogP contribution in [0.4, 0.5) is 0 Å². The summed E-state index contributed by atoms with van der Waals surface area (Å²) >= 11 is 0. The Kier molecular flexibility index (Phi) is 3.90. The van der Waals surface area contributed by atoms with Gasteiger partial charge in [-0.3, -0.25) is 4.79 Å². The van der Waals surface area contributed by atoms with Gasteiger partial charge in [0, 0.05) is 6.42 Å². The molecule has 0 aliphatic heterocycles. The molecule has 0 heterocycles. The summed E-state index contributed by atoms with van der Waals surface area (Å²) in [6, 6.07) is 8.25. The maximum Gasteiger partial charge on any atom is 0.191 e. The highest BCUT2D eigenvalue weighted by Crippen LogP contribution is 2.39. The van der Waals surface area contributed by atoms with Crippen molar-refractivity contribution in [2.75, 3.05) is 0 Å². The third-order valence-electron chi connectivity index (χ3n) is 3.78. The zero-order valence-corrected chi connectivity index (χ0v) is 11.7. The molecule has 0 bridgehead atoms. The standard InChI is InChI=1S/C15H18O3S/c1-2-11-15(12-7-6-10-14(15)16)19(17,18)13-8-4-3-5-9-13/h2-5,8-9H,1,6-7,10-12H2. The average molecular weight is 278 g/mol. The Morgan fingerprint density at radius 1 is 1.21 bits per heavy atom. The van der Waals surface area contributed by atoms with Crippen LogP contribution in [0.1, 0.15) is 32.1 Å². The number of Topliss-reactive ketones (excluding diaryl/α,β-unsaturated/α-hetero) is 1. The van der Waals surface area contributed by atoms with Gasteiger partial charge in [0.2, 0.25) is 0 Å². The fraction of sp³-hybridized carbons (Fsp3) is 0.400. The van der Waals surface area contributed by atoms with E-state index in [0.29, 0.717) is 12.8 Å². The highest BCUT2D eigenvalue weighted by molar-refractivity contribution is 7.93. The molecule has 0 saturated heterocycles. The van der Waals surface area contributed by atoms with Gasteiger partial charge >= 0.3 is 0 Å². The van der Waals surface area contributed by atoms with Gasteiger partial charge in [-0.05, 0) is 31.4 Å². The van der Waals surface area contributed by atoms with Crippen LogP contribution in [0.2, 0.25) is 0 Å². The second kappa shape index (κ2) is 5.29. The van der Waals surface area contributed by atoms with Gasteiger partial charge in [-0.2, -0.15) is 0 Å². The number of carbonyl (C=O) groups is 1. The van der Waals surface area contributed by atoms with E-state index < -0.39 is 14.6 Å². The van der Waals surface area contributed by atoms with Crippen LogP contribution in [0.5, 0.6) is 0 Å². The van der Waals surface area contributed by atoms with Crippen molar-refractivity contribution in [2.24, 2.45) is 0 Å². The first-order valence-corrected chi connectivity index (χ1v) is 7.97. The summed E-state index contributed by atoms with van der Waals surface area (Å²) in [4.78, 5) is 12.5. The van der Waals surface area contributed by atoms with E-state index in [0.717, 1.165) is 12.8 Å². The van der Waals surface area contributed by atoms with Crippen molar-refractivity contribution >= 4 is 15.6 Å². The van der Waals surface area contributed by atoms with Crippen LogP contribution >= 0.6 is 0 Å². The minimum Gasteiger partial charge on any atom is -0.298 e. The third-order valence-corrected chi connectivity index (χ3v) is 6.30. The third kappa shape index (κ3) is 2.25. The lowest BCUT2D eigenvalue weighted by Crippen LogP contribution is -2.48. The highest BCUT2D eigenvalue weighted by Gasteiger charge is 2.50. The van der Waals surface area contributed by atoms with Crippen LogP contribution in [0.15, 0.2) is 47.9 Å². The molecule has 1 aromatic rings. The van der Waals surface area contributed by atoms with Gasteiger partial charge in [-0.15, -0.1) is 6.58 Å². The van der Waals surface area contributed by atoms with Gasteiger partial charge in [0.05, 0.1) is 4.90 Å². The van der Waals surface area contributed by atoms with Crippen molar-refractivity contribution < 1.29 is 13.2 Å². The van der Waals surface area contributed by atoms with Crippen molar-refractivity contribution in [2.45, 2.75) is 41.7 Å². The minimum absolute atomic E-state index is 0.164. The van der Waals surface area contributed by atoms with Crippen LogP contribution in [0.25, 0.3) is 0 Å². The molecule has 19 heavy (non-hydrogen) atoms. The number of allylic oxidation sites excluding steroid dienone is 1. The largest absolute Gasteiger partial charge is 0.298 e. The first kappa shape index (κ1) is 14.0. The van der Waals surface area contributed by atoms with E-state index in [1.54, 1.807) is 36.4 Å². The van der Waals surface area contributed by atoms with Gasteiger partial charge in [0.1, 0.15) is 4.75 Å². The number of sulfone groups is 1. The molecule has 1 saturated carbocycles. The molecule has 3 nitrogen and oxygen atoms in total. The Balaban J connectivity index is 2.55. The van der Waals surface area contributed by atoms with Gasteiger partial charge in [0.25, 0.3) is 0 Å². The molecular weight excluding hydrogens is 260 g/mol. The Hall–Kier alpha value is -1.42. The molecule has 1 aliphatic rings. The quantitative estimate of drug-likeness (QED) is 0.796. The second-order valence-electron chi connectivity index (χ2n) is 4.93. The molecule has 1 unspecified atom stereocenters.